The molecular weight excluding hydrogens is 390 g/mol. The van der Waals surface area contributed by atoms with Crippen LogP contribution in [0.5, 0.6) is 5.75 Å². The number of methoxy groups -OCH3 is 1. The first-order chi connectivity index (χ1) is 14.1. The van der Waals surface area contributed by atoms with Crippen molar-refractivity contribution < 1.29 is 14.6 Å². The van der Waals surface area contributed by atoms with Gasteiger partial charge in [0.05, 0.1) is 35.4 Å². The SMILES string of the molecule is COc1ccc(Cn2cc(C(=O)NC3CCCCC3O)c3nccc(Cl)c32)cc1. The molecule has 3 aromatic rings. The van der Waals surface area contributed by atoms with Gasteiger partial charge < -0.3 is 19.7 Å². The summed E-state index contributed by atoms with van der Waals surface area (Å²) >= 11 is 6.46. The Hall–Kier alpha value is -2.57. The van der Waals surface area contributed by atoms with Gasteiger partial charge in [0, 0.05) is 18.9 Å². The summed E-state index contributed by atoms with van der Waals surface area (Å²) in [4.78, 5) is 17.4. The highest BCUT2D eigenvalue weighted by atomic mass is 35.5. The number of nitrogens with zero attached hydrogens (tertiary/aromatic N) is 2. The molecule has 1 saturated carbocycles. The molecule has 4 rings (SSSR count). The van der Waals surface area contributed by atoms with Crippen molar-refractivity contribution in [2.24, 2.45) is 0 Å². The Balaban J connectivity index is 1.66. The Kier molecular flexibility index (Phi) is 5.74. The summed E-state index contributed by atoms with van der Waals surface area (Å²) < 4.78 is 7.16. The van der Waals surface area contributed by atoms with Crippen molar-refractivity contribution in [3.8, 4) is 5.75 Å². The minimum atomic E-state index is -0.503. The molecule has 2 heterocycles. The molecule has 7 heteroatoms. The topological polar surface area (TPSA) is 76.4 Å². The predicted molar refractivity (Wildman–Crippen MR) is 113 cm³/mol. The van der Waals surface area contributed by atoms with Crippen molar-refractivity contribution >= 4 is 28.5 Å². The number of carbonyl (C=O) groups is 1. The van der Waals surface area contributed by atoms with Crippen LogP contribution in [-0.4, -0.2) is 39.8 Å². The fourth-order valence-electron chi connectivity index (χ4n) is 3.93. The molecule has 0 spiro atoms. The van der Waals surface area contributed by atoms with Crippen molar-refractivity contribution in [1.29, 1.82) is 0 Å². The Morgan fingerprint density at radius 2 is 2.03 bits per heavy atom. The Labute approximate surface area is 174 Å². The third-order valence-electron chi connectivity index (χ3n) is 5.50. The summed E-state index contributed by atoms with van der Waals surface area (Å²) in [5.41, 5.74) is 2.80. The predicted octanol–water partition coefficient (Wildman–Crippen LogP) is 3.78. The summed E-state index contributed by atoms with van der Waals surface area (Å²) in [5.74, 6) is 0.557. The first kappa shape index (κ1) is 19.7. The van der Waals surface area contributed by atoms with Crippen LogP contribution in [-0.2, 0) is 6.54 Å². The molecule has 29 heavy (non-hydrogen) atoms. The van der Waals surface area contributed by atoms with E-state index in [1.54, 1.807) is 25.6 Å². The van der Waals surface area contributed by atoms with Crippen LogP contribution in [0.4, 0.5) is 0 Å². The minimum absolute atomic E-state index is 0.226. The second-order valence-corrected chi connectivity index (χ2v) is 7.85. The number of amides is 1. The zero-order chi connectivity index (χ0) is 20.4. The fourth-order valence-corrected chi connectivity index (χ4v) is 4.18. The summed E-state index contributed by atoms with van der Waals surface area (Å²) in [6.07, 6.45) is 6.39. The third kappa shape index (κ3) is 4.09. The highest BCUT2D eigenvalue weighted by Gasteiger charge is 2.27. The number of hydrogen-bond donors (Lipinski definition) is 2. The van der Waals surface area contributed by atoms with Gasteiger partial charge in [-0.1, -0.05) is 36.6 Å². The molecule has 6 nitrogen and oxygen atoms in total. The molecule has 2 atom stereocenters. The van der Waals surface area contributed by atoms with E-state index in [1.807, 2.05) is 28.8 Å². The molecule has 1 aliphatic rings. The molecule has 0 bridgehead atoms. The molecule has 0 radical (unpaired) electrons. The standard InChI is InChI=1S/C22H24ClN3O3/c1-29-15-8-6-14(7-9-15)12-26-13-16(20-21(26)17(23)10-11-24-20)22(28)25-18-4-2-3-5-19(18)27/h6-11,13,18-19,27H,2-5,12H2,1H3,(H,25,28). The van der Waals surface area contributed by atoms with Gasteiger partial charge in [-0.05, 0) is 36.6 Å². The Morgan fingerprint density at radius 3 is 2.76 bits per heavy atom. The van der Waals surface area contributed by atoms with Crippen LogP contribution in [0.25, 0.3) is 11.0 Å². The van der Waals surface area contributed by atoms with E-state index in [1.165, 1.54) is 0 Å². The summed E-state index contributed by atoms with van der Waals surface area (Å²) in [7, 11) is 1.63. The number of aliphatic hydroxyl groups excluding tert-OH is 1. The van der Waals surface area contributed by atoms with Gasteiger partial charge in [-0.25, -0.2) is 0 Å². The number of nitrogens with one attached hydrogen (secondary N) is 1. The molecule has 1 amide bonds. The molecule has 0 saturated heterocycles. The molecule has 0 aliphatic heterocycles. The molecular formula is C22H24ClN3O3. The van der Waals surface area contributed by atoms with Crippen molar-refractivity contribution in [3.63, 3.8) is 0 Å². The number of carbonyl (C=O) groups excluding carboxylic acids is 1. The largest absolute Gasteiger partial charge is 0.497 e. The fraction of sp³-hybridized carbons (Fsp3) is 0.364. The maximum atomic E-state index is 13.0. The van der Waals surface area contributed by atoms with Crippen LogP contribution in [0, 0.1) is 0 Å². The summed E-state index contributed by atoms with van der Waals surface area (Å²) in [5, 5.41) is 13.7. The van der Waals surface area contributed by atoms with Crippen LogP contribution in [0.3, 0.4) is 0 Å². The molecule has 2 unspecified atom stereocenters. The van der Waals surface area contributed by atoms with Gasteiger partial charge in [-0.15, -0.1) is 0 Å². The van der Waals surface area contributed by atoms with Crippen molar-refractivity contribution in [2.75, 3.05) is 7.11 Å². The van der Waals surface area contributed by atoms with Gasteiger partial charge in [-0.2, -0.15) is 0 Å². The first-order valence-corrected chi connectivity index (χ1v) is 10.2. The zero-order valence-corrected chi connectivity index (χ0v) is 17.0. The van der Waals surface area contributed by atoms with Crippen molar-refractivity contribution in [1.82, 2.24) is 14.9 Å². The van der Waals surface area contributed by atoms with E-state index in [9.17, 15) is 9.90 Å². The van der Waals surface area contributed by atoms with Gasteiger partial charge in [0.15, 0.2) is 0 Å². The number of ether oxygens (including phenoxy) is 1. The summed E-state index contributed by atoms with van der Waals surface area (Å²) in [6, 6.07) is 9.26. The maximum Gasteiger partial charge on any atom is 0.255 e. The number of benzene rings is 1. The highest BCUT2D eigenvalue weighted by molar-refractivity contribution is 6.35. The lowest BCUT2D eigenvalue weighted by Gasteiger charge is -2.28. The highest BCUT2D eigenvalue weighted by Crippen LogP contribution is 2.28. The van der Waals surface area contributed by atoms with Crippen LogP contribution in [0.15, 0.2) is 42.7 Å². The first-order valence-electron chi connectivity index (χ1n) is 9.82. The number of pyridine rings is 1. The van der Waals surface area contributed by atoms with Crippen LogP contribution in [0.1, 0.15) is 41.6 Å². The maximum absolute atomic E-state index is 13.0. The van der Waals surface area contributed by atoms with E-state index in [4.69, 9.17) is 16.3 Å². The van der Waals surface area contributed by atoms with Gasteiger partial charge in [-0.3, -0.25) is 9.78 Å². The second-order valence-electron chi connectivity index (χ2n) is 7.44. The quantitative estimate of drug-likeness (QED) is 0.667. The number of hydrogen-bond acceptors (Lipinski definition) is 4. The van der Waals surface area contributed by atoms with Crippen LogP contribution in [0.2, 0.25) is 5.02 Å². The molecule has 1 fully saturated rings. The Bertz CT molecular complexity index is 1020. The summed E-state index contributed by atoms with van der Waals surface area (Å²) in [6.45, 7) is 0.547. The molecule has 152 valence electrons. The van der Waals surface area contributed by atoms with Gasteiger partial charge >= 0.3 is 0 Å². The number of aromatic nitrogens is 2. The molecule has 1 aliphatic carbocycles. The molecule has 2 aromatic heterocycles. The van der Waals surface area contributed by atoms with Crippen LogP contribution < -0.4 is 10.1 Å². The zero-order valence-electron chi connectivity index (χ0n) is 16.3. The molecule has 1 aromatic carbocycles. The average molecular weight is 414 g/mol. The van der Waals surface area contributed by atoms with E-state index in [2.05, 4.69) is 10.3 Å². The molecule has 2 N–H and O–H groups in total. The van der Waals surface area contributed by atoms with E-state index in [-0.39, 0.29) is 11.9 Å². The van der Waals surface area contributed by atoms with Gasteiger partial charge in [0.1, 0.15) is 11.3 Å². The van der Waals surface area contributed by atoms with Gasteiger partial charge in [0.25, 0.3) is 5.91 Å². The van der Waals surface area contributed by atoms with Gasteiger partial charge in [0.2, 0.25) is 0 Å². The van der Waals surface area contributed by atoms with Crippen LogP contribution >= 0.6 is 11.6 Å². The van der Waals surface area contributed by atoms with Crippen molar-refractivity contribution in [2.45, 2.75) is 44.4 Å². The van der Waals surface area contributed by atoms with E-state index in [0.29, 0.717) is 29.1 Å². The smallest absolute Gasteiger partial charge is 0.255 e. The number of fused-ring (bicyclic) bond motifs is 1. The van der Waals surface area contributed by atoms with E-state index in [0.717, 1.165) is 36.1 Å². The second kappa shape index (κ2) is 8.43. The minimum Gasteiger partial charge on any atom is -0.497 e. The lowest BCUT2D eigenvalue weighted by atomic mass is 9.92. The Morgan fingerprint density at radius 1 is 1.28 bits per heavy atom. The lowest BCUT2D eigenvalue weighted by Crippen LogP contribution is -2.45. The third-order valence-corrected chi connectivity index (χ3v) is 5.81. The number of halogens is 1. The lowest BCUT2D eigenvalue weighted by molar-refractivity contribution is 0.0718. The average Bonchev–Trinajstić information content (AvgIpc) is 3.10. The van der Waals surface area contributed by atoms with E-state index >= 15 is 0 Å². The van der Waals surface area contributed by atoms with Crippen molar-refractivity contribution in [3.05, 3.63) is 58.9 Å². The number of rotatable bonds is 5. The monoisotopic (exact) mass is 413 g/mol. The number of aliphatic hydroxyl groups is 1. The normalized spacial score (nSPS) is 19.3. The van der Waals surface area contributed by atoms with E-state index < -0.39 is 6.10 Å².